The maximum Gasteiger partial charge on any atom is 0.249 e. The minimum absolute atomic E-state index is 0.0209. The van der Waals surface area contributed by atoms with Crippen LogP contribution in [0.25, 0.3) is 0 Å². The Labute approximate surface area is 99.7 Å². The molecule has 1 aromatic carbocycles. The zero-order valence-electron chi connectivity index (χ0n) is 8.91. The van der Waals surface area contributed by atoms with Crippen molar-refractivity contribution in [1.29, 1.82) is 0 Å². The number of carbonyl (C=O) groups excluding carboxylic acids is 1. The Morgan fingerprint density at radius 1 is 1.44 bits per heavy atom. The lowest BCUT2D eigenvalue weighted by Gasteiger charge is -2.10. The van der Waals surface area contributed by atoms with Gasteiger partial charge in [0.05, 0.1) is 0 Å². The van der Waals surface area contributed by atoms with Crippen molar-refractivity contribution in [2.75, 3.05) is 6.61 Å². The molecule has 1 fully saturated rings. The lowest BCUT2D eigenvalue weighted by molar-refractivity contribution is -0.130. The molecule has 0 saturated carbocycles. The molecule has 1 aliphatic rings. The molecule has 4 heteroatoms. The highest BCUT2D eigenvalue weighted by Crippen LogP contribution is 2.12. The molecule has 1 aliphatic heterocycles. The number of amides is 1. The average Bonchev–Trinajstić information content (AvgIpc) is 2.81. The van der Waals surface area contributed by atoms with Crippen LogP contribution in [0.15, 0.2) is 24.3 Å². The van der Waals surface area contributed by atoms with Gasteiger partial charge in [-0.1, -0.05) is 23.7 Å². The zero-order valence-corrected chi connectivity index (χ0v) is 9.67. The van der Waals surface area contributed by atoms with Crippen LogP contribution in [0.1, 0.15) is 18.4 Å². The van der Waals surface area contributed by atoms with Crippen LogP contribution in [0.2, 0.25) is 5.02 Å². The summed E-state index contributed by atoms with van der Waals surface area (Å²) in [5.41, 5.74) is 1.04. The zero-order chi connectivity index (χ0) is 11.4. The van der Waals surface area contributed by atoms with Gasteiger partial charge < -0.3 is 10.1 Å². The molecule has 86 valence electrons. The fourth-order valence-electron chi connectivity index (χ4n) is 1.69. The largest absolute Gasteiger partial charge is 0.368 e. The van der Waals surface area contributed by atoms with Crippen molar-refractivity contribution >= 4 is 17.5 Å². The van der Waals surface area contributed by atoms with Crippen molar-refractivity contribution in [3.8, 4) is 0 Å². The summed E-state index contributed by atoms with van der Waals surface area (Å²) in [6, 6.07) is 7.43. The Kier molecular flexibility index (Phi) is 3.80. The Hall–Kier alpha value is -1.06. The second-order valence-corrected chi connectivity index (χ2v) is 4.28. The molecule has 0 aliphatic carbocycles. The topological polar surface area (TPSA) is 38.3 Å². The first-order valence-electron chi connectivity index (χ1n) is 5.39. The van der Waals surface area contributed by atoms with E-state index in [2.05, 4.69) is 5.32 Å². The molecular formula is C12H14ClNO2. The highest BCUT2D eigenvalue weighted by atomic mass is 35.5. The third-order valence-electron chi connectivity index (χ3n) is 2.60. The summed E-state index contributed by atoms with van der Waals surface area (Å²) >= 11 is 5.77. The molecule has 1 N–H and O–H groups in total. The summed E-state index contributed by atoms with van der Waals surface area (Å²) in [6.45, 7) is 1.22. The Balaban J connectivity index is 1.82. The molecule has 1 atom stereocenters. The van der Waals surface area contributed by atoms with Crippen molar-refractivity contribution in [3.05, 3.63) is 34.9 Å². The van der Waals surface area contributed by atoms with E-state index in [9.17, 15) is 4.79 Å². The summed E-state index contributed by atoms with van der Waals surface area (Å²) in [7, 11) is 0. The normalized spacial score (nSPS) is 19.7. The smallest absolute Gasteiger partial charge is 0.249 e. The van der Waals surface area contributed by atoms with Crippen LogP contribution >= 0.6 is 11.6 Å². The van der Waals surface area contributed by atoms with Gasteiger partial charge in [-0.15, -0.1) is 0 Å². The third-order valence-corrected chi connectivity index (χ3v) is 2.85. The maximum absolute atomic E-state index is 11.6. The number of rotatable bonds is 3. The van der Waals surface area contributed by atoms with Gasteiger partial charge in [0, 0.05) is 18.2 Å². The molecule has 1 heterocycles. The van der Waals surface area contributed by atoms with Crippen LogP contribution in [0, 0.1) is 0 Å². The lowest BCUT2D eigenvalue weighted by Crippen LogP contribution is -2.33. The Bertz CT molecular complexity index is 358. The lowest BCUT2D eigenvalue weighted by atomic mass is 10.2. The molecule has 0 aromatic heterocycles. The van der Waals surface area contributed by atoms with E-state index in [1.54, 1.807) is 0 Å². The van der Waals surface area contributed by atoms with Gasteiger partial charge in [-0.3, -0.25) is 4.79 Å². The molecular weight excluding hydrogens is 226 g/mol. The van der Waals surface area contributed by atoms with Crippen LogP contribution in [-0.4, -0.2) is 18.6 Å². The number of carbonyl (C=O) groups is 1. The first-order chi connectivity index (χ1) is 7.75. The molecule has 1 unspecified atom stereocenters. The minimum atomic E-state index is -0.257. The summed E-state index contributed by atoms with van der Waals surface area (Å²) in [5.74, 6) is -0.0209. The molecule has 0 radical (unpaired) electrons. The number of ether oxygens (including phenoxy) is 1. The monoisotopic (exact) mass is 239 g/mol. The van der Waals surface area contributed by atoms with Gasteiger partial charge in [0.25, 0.3) is 0 Å². The van der Waals surface area contributed by atoms with Gasteiger partial charge in [-0.2, -0.15) is 0 Å². The van der Waals surface area contributed by atoms with Crippen LogP contribution in [-0.2, 0) is 16.1 Å². The molecule has 1 amide bonds. The van der Waals surface area contributed by atoms with Crippen LogP contribution in [0.4, 0.5) is 0 Å². The third kappa shape index (κ3) is 2.97. The molecule has 16 heavy (non-hydrogen) atoms. The van der Waals surface area contributed by atoms with Crippen LogP contribution in [0.5, 0.6) is 0 Å². The second-order valence-electron chi connectivity index (χ2n) is 3.85. The summed E-state index contributed by atoms with van der Waals surface area (Å²) in [4.78, 5) is 11.6. The van der Waals surface area contributed by atoms with Gasteiger partial charge in [-0.05, 0) is 30.5 Å². The van der Waals surface area contributed by atoms with E-state index in [4.69, 9.17) is 16.3 Å². The van der Waals surface area contributed by atoms with Crippen molar-refractivity contribution < 1.29 is 9.53 Å². The molecule has 0 bridgehead atoms. The standard InChI is InChI=1S/C12H14ClNO2/c13-10-5-3-9(4-6-10)8-14-12(15)11-2-1-7-16-11/h3-6,11H,1-2,7-8H2,(H,14,15). The van der Waals surface area contributed by atoms with E-state index in [1.807, 2.05) is 24.3 Å². The highest BCUT2D eigenvalue weighted by molar-refractivity contribution is 6.30. The van der Waals surface area contributed by atoms with Crippen molar-refractivity contribution in [2.45, 2.75) is 25.5 Å². The predicted octanol–water partition coefficient (Wildman–Crippen LogP) is 2.14. The Morgan fingerprint density at radius 3 is 2.81 bits per heavy atom. The van der Waals surface area contributed by atoms with E-state index in [0.29, 0.717) is 18.2 Å². The van der Waals surface area contributed by atoms with Gasteiger partial charge in [0.2, 0.25) is 5.91 Å². The Morgan fingerprint density at radius 2 is 2.19 bits per heavy atom. The van der Waals surface area contributed by atoms with Crippen molar-refractivity contribution in [1.82, 2.24) is 5.32 Å². The maximum atomic E-state index is 11.6. The van der Waals surface area contributed by atoms with E-state index in [-0.39, 0.29) is 12.0 Å². The molecule has 2 rings (SSSR count). The highest BCUT2D eigenvalue weighted by Gasteiger charge is 2.22. The fraction of sp³-hybridized carbons (Fsp3) is 0.417. The number of hydrogen-bond donors (Lipinski definition) is 1. The second kappa shape index (κ2) is 5.32. The molecule has 0 spiro atoms. The van der Waals surface area contributed by atoms with E-state index >= 15 is 0 Å². The van der Waals surface area contributed by atoms with Gasteiger partial charge in [-0.25, -0.2) is 0 Å². The quantitative estimate of drug-likeness (QED) is 0.878. The van der Waals surface area contributed by atoms with Crippen molar-refractivity contribution in [2.24, 2.45) is 0 Å². The first-order valence-corrected chi connectivity index (χ1v) is 5.77. The van der Waals surface area contributed by atoms with Gasteiger partial charge in [0.15, 0.2) is 0 Å². The molecule has 1 saturated heterocycles. The van der Waals surface area contributed by atoms with Crippen molar-refractivity contribution in [3.63, 3.8) is 0 Å². The summed E-state index contributed by atoms with van der Waals surface area (Å²) < 4.78 is 5.29. The van der Waals surface area contributed by atoms with Gasteiger partial charge >= 0.3 is 0 Å². The van der Waals surface area contributed by atoms with Crippen LogP contribution < -0.4 is 5.32 Å². The number of hydrogen-bond acceptors (Lipinski definition) is 2. The predicted molar refractivity (Wildman–Crippen MR) is 62.3 cm³/mol. The summed E-state index contributed by atoms with van der Waals surface area (Å²) in [6.07, 6.45) is 1.54. The minimum Gasteiger partial charge on any atom is -0.368 e. The average molecular weight is 240 g/mol. The first kappa shape index (κ1) is 11.4. The van der Waals surface area contributed by atoms with E-state index < -0.39 is 0 Å². The number of benzene rings is 1. The fourth-order valence-corrected chi connectivity index (χ4v) is 1.82. The van der Waals surface area contributed by atoms with E-state index in [1.165, 1.54) is 0 Å². The molecule has 1 aromatic rings. The molecule has 3 nitrogen and oxygen atoms in total. The van der Waals surface area contributed by atoms with Crippen LogP contribution in [0.3, 0.4) is 0 Å². The number of nitrogens with one attached hydrogen (secondary N) is 1. The van der Waals surface area contributed by atoms with E-state index in [0.717, 1.165) is 18.4 Å². The SMILES string of the molecule is O=C(NCc1ccc(Cl)cc1)C1CCCO1. The number of halogens is 1. The van der Waals surface area contributed by atoms with Gasteiger partial charge in [0.1, 0.15) is 6.10 Å². The summed E-state index contributed by atoms with van der Waals surface area (Å²) in [5, 5.41) is 3.56.